The summed E-state index contributed by atoms with van der Waals surface area (Å²) in [5.41, 5.74) is 5.80. The molecule has 0 radical (unpaired) electrons. The summed E-state index contributed by atoms with van der Waals surface area (Å²) in [4.78, 5) is 4.18. The van der Waals surface area contributed by atoms with Gasteiger partial charge in [0.2, 0.25) is 5.89 Å². The first-order valence-electron chi connectivity index (χ1n) is 5.60. The minimum Gasteiger partial charge on any atom is -0.338 e. The van der Waals surface area contributed by atoms with Crippen molar-refractivity contribution in [1.82, 2.24) is 10.1 Å². The van der Waals surface area contributed by atoms with Crippen LogP contribution in [0.1, 0.15) is 50.4 Å². The van der Waals surface area contributed by atoms with Gasteiger partial charge in [0, 0.05) is 12.2 Å². The van der Waals surface area contributed by atoms with Crippen LogP contribution in [0.3, 0.4) is 0 Å². The van der Waals surface area contributed by atoms with Gasteiger partial charge in [0.25, 0.3) is 0 Å². The van der Waals surface area contributed by atoms with Crippen LogP contribution in [0.25, 0.3) is 0 Å². The maximum atomic E-state index is 11.0. The standard InChI is InChI=1S/C10H19N3O3S/c1-4-7(2)9-12-10(16-13-9)8(11)5-6-17(3,14)15/h7-8H,4-6,11H2,1-3H3. The van der Waals surface area contributed by atoms with Gasteiger partial charge in [-0.2, -0.15) is 4.98 Å². The van der Waals surface area contributed by atoms with E-state index in [4.69, 9.17) is 10.3 Å². The molecule has 0 aromatic carbocycles. The maximum absolute atomic E-state index is 11.0. The Labute approximate surface area is 102 Å². The molecule has 2 unspecified atom stereocenters. The molecular formula is C10H19N3O3S. The van der Waals surface area contributed by atoms with E-state index in [0.717, 1.165) is 6.42 Å². The monoisotopic (exact) mass is 261 g/mol. The Hall–Kier alpha value is -0.950. The highest BCUT2D eigenvalue weighted by molar-refractivity contribution is 7.90. The molecule has 2 N–H and O–H groups in total. The summed E-state index contributed by atoms with van der Waals surface area (Å²) in [6.07, 6.45) is 2.39. The fourth-order valence-electron chi connectivity index (χ4n) is 1.25. The molecular weight excluding hydrogens is 242 g/mol. The van der Waals surface area contributed by atoms with Crippen molar-refractivity contribution in [2.75, 3.05) is 12.0 Å². The lowest BCUT2D eigenvalue weighted by Crippen LogP contribution is -2.16. The van der Waals surface area contributed by atoms with Crippen LogP contribution in [0.15, 0.2) is 4.52 Å². The quantitative estimate of drug-likeness (QED) is 0.820. The second-order valence-corrected chi connectivity index (χ2v) is 6.58. The number of hydrogen-bond donors (Lipinski definition) is 1. The Kier molecular flexibility index (Phi) is 4.64. The van der Waals surface area contributed by atoms with Crippen molar-refractivity contribution in [3.05, 3.63) is 11.7 Å². The second kappa shape index (κ2) is 5.59. The fourth-order valence-corrected chi connectivity index (χ4v) is 1.93. The largest absolute Gasteiger partial charge is 0.338 e. The van der Waals surface area contributed by atoms with Gasteiger partial charge in [-0.1, -0.05) is 19.0 Å². The lowest BCUT2D eigenvalue weighted by atomic mass is 10.1. The summed E-state index contributed by atoms with van der Waals surface area (Å²) in [5.74, 6) is 1.17. The zero-order chi connectivity index (χ0) is 13.1. The summed E-state index contributed by atoms with van der Waals surface area (Å²) in [7, 11) is -3.01. The van der Waals surface area contributed by atoms with Gasteiger partial charge >= 0.3 is 0 Å². The Balaban J connectivity index is 2.64. The Morgan fingerprint density at radius 3 is 2.65 bits per heavy atom. The first-order valence-corrected chi connectivity index (χ1v) is 7.66. The van der Waals surface area contributed by atoms with Gasteiger partial charge in [0.1, 0.15) is 9.84 Å². The lowest BCUT2D eigenvalue weighted by molar-refractivity contribution is 0.346. The van der Waals surface area contributed by atoms with E-state index in [2.05, 4.69) is 10.1 Å². The normalized spacial score (nSPS) is 15.8. The minimum atomic E-state index is -3.01. The maximum Gasteiger partial charge on any atom is 0.243 e. The van der Waals surface area contributed by atoms with Gasteiger partial charge in [-0.05, 0) is 12.8 Å². The number of nitrogens with two attached hydrogens (primary N) is 1. The smallest absolute Gasteiger partial charge is 0.243 e. The number of hydrogen-bond acceptors (Lipinski definition) is 6. The van der Waals surface area contributed by atoms with E-state index in [1.807, 2.05) is 13.8 Å². The van der Waals surface area contributed by atoms with Gasteiger partial charge < -0.3 is 10.3 Å². The average Bonchev–Trinajstić information content (AvgIpc) is 2.73. The highest BCUT2D eigenvalue weighted by Gasteiger charge is 2.18. The molecule has 0 aliphatic heterocycles. The fraction of sp³-hybridized carbons (Fsp3) is 0.800. The molecule has 1 aromatic heterocycles. The Morgan fingerprint density at radius 1 is 1.47 bits per heavy atom. The van der Waals surface area contributed by atoms with Crippen molar-refractivity contribution in [3.8, 4) is 0 Å². The van der Waals surface area contributed by atoms with Crippen molar-refractivity contribution >= 4 is 9.84 Å². The zero-order valence-electron chi connectivity index (χ0n) is 10.4. The number of nitrogens with zero attached hydrogens (tertiary/aromatic N) is 2. The molecule has 17 heavy (non-hydrogen) atoms. The van der Waals surface area contributed by atoms with E-state index in [1.54, 1.807) is 0 Å². The second-order valence-electron chi connectivity index (χ2n) is 4.33. The van der Waals surface area contributed by atoms with E-state index < -0.39 is 15.9 Å². The Bertz CT molecular complexity index is 455. The van der Waals surface area contributed by atoms with Crippen LogP contribution in [0.4, 0.5) is 0 Å². The van der Waals surface area contributed by atoms with Gasteiger partial charge in [0.15, 0.2) is 5.82 Å². The van der Waals surface area contributed by atoms with Crippen LogP contribution >= 0.6 is 0 Å². The van der Waals surface area contributed by atoms with Crippen LogP contribution in [-0.4, -0.2) is 30.6 Å². The molecule has 7 heteroatoms. The number of rotatable bonds is 6. The minimum absolute atomic E-state index is 0.0230. The van der Waals surface area contributed by atoms with Crippen molar-refractivity contribution < 1.29 is 12.9 Å². The highest BCUT2D eigenvalue weighted by Crippen LogP contribution is 2.18. The van der Waals surface area contributed by atoms with Crippen molar-refractivity contribution in [2.24, 2.45) is 5.73 Å². The molecule has 1 aromatic rings. The van der Waals surface area contributed by atoms with Crippen molar-refractivity contribution in [1.29, 1.82) is 0 Å². The van der Waals surface area contributed by atoms with Crippen LogP contribution < -0.4 is 5.73 Å². The summed E-state index contributed by atoms with van der Waals surface area (Å²) in [6.45, 7) is 4.03. The molecule has 1 heterocycles. The number of sulfone groups is 1. The van der Waals surface area contributed by atoms with Gasteiger partial charge in [-0.15, -0.1) is 0 Å². The molecule has 6 nitrogen and oxygen atoms in total. The van der Waals surface area contributed by atoms with Crippen LogP contribution in [0, 0.1) is 0 Å². The summed E-state index contributed by atoms with van der Waals surface area (Å²) in [6, 6.07) is -0.518. The molecule has 0 aliphatic rings. The molecule has 0 spiro atoms. The van der Waals surface area contributed by atoms with Gasteiger partial charge in [0.05, 0.1) is 11.8 Å². The third-order valence-electron chi connectivity index (χ3n) is 2.63. The van der Waals surface area contributed by atoms with E-state index in [-0.39, 0.29) is 11.7 Å². The van der Waals surface area contributed by atoms with Gasteiger partial charge in [-0.25, -0.2) is 8.42 Å². The van der Waals surface area contributed by atoms with Crippen LogP contribution in [0.5, 0.6) is 0 Å². The van der Waals surface area contributed by atoms with Crippen molar-refractivity contribution in [2.45, 2.75) is 38.6 Å². The lowest BCUT2D eigenvalue weighted by Gasteiger charge is -2.04. The molecule has 0 amide bonds. The highest BCUT2D eigenvalue weighted by atomic mass is 32.2. The molecule has 0 saturated heterocycles. The van der Waals surface area contributed by atoms with E-state index in [0.29, 0.717) is 18.1 Å². The van der Waals surface area contributed by atoms with Crippen LogP contribution in [0.2, 0.25) is 0 Å². The topological polar surface area (TPSA) is 99.1 Å². The summed E-state index contributed by atoms with van der Waals surface area (Å²) < 4.78 is 27.0. The molecule has 0 saturated carbocycles. The SMILES string of the molecule is CCC(C)c1noc(C(N)CCS(C)(=O)=O)n1. The van der Waals surface area contributed by atoms with E-state index in [1.165, 1.54) is 6.26 Å². The molecule has 2 atom stereocenters. The first kappa shape index (κ1) is 14.1. The predicted molar refractivity (Wildman–Crippen MR) is 64.3 cm³/mol. The summed E-state index contributed by atoms with van der Waals surface area (Å²) in [5, 5.41) is 3.84. The first-order chi connectivity index (χ1) is 7.83. The third kappa shape index (κ3) is 4.43. The zero-order valence-corrected chi connectivity index (χ0v) is 11.2. The van der Waals surface area contributed by atoms with E-state index >= 15 is 0 Å². The molecule has 98 valence electrons. The molecule has 0 bridgehead atoms. The predicted octanol–water partition coefficient (Wildman–Crippen LogP) is 1.02. The number of aromatic nitrogens is 2. The van der Waals surface area contributed by atoms with E-state index in [9.17, 15) is 8.42 Å². The van der Waals surface area contributed by atoms with Crippen molar-refractivity contribution in [3.63, 3.8) is 0 Å². The molecule has 1 rings (SSSR count). The molecule has 0 fully saturated rings. The Morgan fingerprint density at radius 2 is 2.12 bits per heavy atom. The van der Waals surface area contributed by atoms with Gasteiger partial charge in [-0.3, -0.25) is 0 Å². The summed E-state index contributed by atoms with van der Waals surface area (Å²) >= 11 is 0. The molecule has 0 aliphatic carbocycles. The average molecular weight is 261 g/mol. The van der Waals surface area contributed by atoms with Crippen LogP contribution in [-0.2, 0) is 9.84 Å². The third-order valence-corrected chi connectivity index (χ3v) is 3.60.